The van der Waals surface area contributed by atoms with Crippen LogP contribution >= 0.6 is 0 Å². The number of nitrogens with zero attached hydrogens (tertiary/aromatic N) is 1. The van der Waals surface area contributed by atoms with E-state index in [4.69, 9.17) is 0 Å². The van der Waals surface area contributed by atoms with Gasteiger partial charge in [-0.1, -0.05) is 12.1 Å². The van der Waals surface area contributed by atoms with Gasteiger partial charge in [-0.15, -0.1) is 0 Å². The molecule has 0 atom stereocenters. The standard InChI is InChI=1S/C10H12FNO2S/c1-2-15(13,14)12-7-6-8-4-3-5-9(11)10(8)12/h3-5H,2,6-7H2,1H3. The van der Waals surface area contributed by atoms with Gasteiger partial charge in [0.15, 0.2) is 0 Å². The molecule has 1 aromatic rings. The predicted octanol–water partition coefficient (Wildman–Crippen LogP) is 1.54. The van der Waals surface area contributed by atoms with E-state index in [-0.39, 0.29) is 11.4 Å². The van der Waals surface area contributed by atoms with Crippen LogP contribution in [0.5, 0.6) is 0 Å². The summed E-state index contributed by atoms with van der Waals surface area (Å²) in [7, 11) is -3.34. The predicted molar refractivity (Wildman–Crippen MR) is 56.9 cm³/mol. The summed E-state index contributed by atoms with van der Waals surface area (Å²) < 4.78 is 38.0. The Morgan fingerprint density at radius 3 is 2.87 bits per heavy atom. The van der Waals surface area contributed by atoms with Gasteiger partial charge in [0, 0.05) is 6.54 Å². The SMILES string of the molecule is CCS(=O)(=O)N1CCc2cccc(F)c21. The van der Waals surface area contributed by atoms with Gasteiger partial charge in [0.25, 0.3) is 0 Å². The maximum Gasteiger partial charge on any atom is 0.234 e. The van der Waals surface area contributed by atoms with Crippen molar-refractivity contribution in [3.8, 4) is 0 Å². The van der Waals surface area contributed by atoms with E-state index in [0.29, 0.717) is 13.0 Å². The zero-order chi connectivity index (χ0) is 11.1. The van der Waals surface area contributed by atoms with Gasteiger partial charge in [0.2, 0.25) is 10.0 Å². The van der Waals surface area contributed by atoms with Crippen molar-refractivity contribution >= 4 is 15.7 Å². The zero-order valence-electron chi connectivity index (χ0n) is 8.40. The van der Waals surface area contributed by atoms with Crippen LogP contribution in [0.3, 0.4) is 0 Å². The molecule has 2 rings (SSSR count). The molecule has 1 aromatic carbocycles. The van der Waals surface area contributed by atoms with Gasteiger partial charge in [-0.25, -0.2) is 12.8 Å². The molecule has 3 nitrogen and oxygen atoms in total. The molecule has 0 fully saturated rings. The first-order valence-electron chi connectivity index (χ1n) is 4.84. The summed E-state index contributed by atoms with van der Waals surface area (Å²) in [4.78, 5) is 0. The molecular formula is C10H12FNO2S. The van der Waals surface area contributed by atoms with Crippen LogP contribution in [0.2, 0.25) is 0 Å². The summed E-state index contributed by atoms with van der Waals surface area (Å²) in [5, 5.41) is 0. The lowest BCUT2D eigenvalue weighted by molar-refractivity contribution is 0.589. The van der Waals surface area contributed by atoms with E-state index in [0.717, 1.165) is 5.56 Å². The molecule has 1 aliphatic rings. The quantitative estimate of drug-likeness (QED) is 0.771. The highest BCUT2D eigenvalue weighted by Gasteiger charge is 2.30. The van der Waals surface area contributed by atoms with Gasteiger partial charge in [-0.2, -0.15) is 0 Å². The van der Waals surface area contributed by atoms with E-state index in [1.807, 2.05) is 0 Å². The first kappa shape index (κ1) is 10.4. The Bertz CT molecular complexity index is 484. The summed E-state index contributed by atoms with van der Waals surface area (Å²) >= 11 is 0. The number of halogens is 1. The normalized spacial score (nSPS) is 15.5. The number of fused-ring (bicyclic) bond motifs is 1. The highest BCUT2D eigenvalue weighted by Crippen LogP contribution is 2.32. The van der Waals surface area contributed by atoms with Crippen molar-refractivity contribution in [2.75, 3.05) is 16.6 Å². The molecule has 0 amide bonds. The van der Waals surface area contributed by atoms with Crippen LogP contribution in [-0.4, -0.2) is 20.7 Å². The van der Waals surface area contributed by atoms with E-state index in [2.05, 4.69) is 0 Å². The minimum Gasteiger partial charge on any atom is -0.267 e. The summed E-state index contributed by atoms with van der Waals surface area (Å²) in [6.07, 6.45) is 0.590. The third-order valence-corrected chi connectivity index (χ3v) is 4.37. The Hall–Kier alpha value is -1.10. The topological polar surface area (TPSA) is 37.4 Å². The van der Waals surface area contributed by atoms with Crippen molar-refractivity contribution in [2.45, 2.75) is 13.3 Å². The second-order valence-electron chi connectivity index (χ2n) is 3.47. The third kappa shape index (κ3) is 1.61. The van der Waals surface area contributed by atoms with Gasteiger partial charge in [-0.05, 0) is 25.0 Å². The highest BCUT2D eigenvalue weighted by molar-refractivity contribution is 7.92. The molecule has 82 valence electrons. The van der Waals surface area contributed by atoms with Gasteiger partial charge in [-0.3, -0.25) is 4.31 Å². The molecule has 0 bridgehead atoms. The molecular weight excluding hydrogens is 217 g/mol. The Morgan fingerprint density at radius 2 is 2.20 bits per heavy atom. The molecule has 0 spiro atoms. The lowest BCUT2D eigenvalue weighted by Crippen LogP contribution is -2.31. The van der Waals surface area contributed by atoms with Crippen LogP contribution in [-0.2, 0) is 16.4 Å². The number of hydrogen-bond donors (Lipinski definition) is 0. The van der Waals surface area contributed by atoms with Gasteiger partial charge in [0.05, 0.1) is 11.4 Å². The van der Waals surface area contributed by atoms with E-state index in [1.165, 1.54) is 10.4 Å². The van der Waals surface area contributed by atoms with Gasteiger partial charge >= 0.3 is 0 Å². The monoisotopic (exact) mass is 229 g/mol. The van der Waals surface area contributed by atoms with Crippen LogP contribution < -0.4 is 4.31 Å². The Labute approximate surface area is 88.6 Å². The average molecular weight is 229 g/mol. The summed E-state index contributed by atoms with van der Waals surface area (Å²) in [6, 6.07) is 4.67. The second kappa shape index (κ2) is 3.48. The number of para-hydroxylation sites is 1. The molecule has 0 saturated carbocycles. The van der Waals surface area contributed by atoms with Crippen LogP contribution in [0.15, 0.2) is 18.2 Å². The molecule has 15 heavy (non-hydrogen) atoms. The number of anilines is 1. The van der Waals surface area contributed by atoms with Gasteiger partial charge < -0.3 is 0 Å². The summed E-state index contributed by atoms with van der Waals surface area (Å²) in [5.41, 5.74) is 1.01. The number of hydrogen-bond acceptors (Lipinski definition) is 2. The van der Waals surface area contributed by atoms with Crippen molar-refractivity contribution in [1.82, 2.24) is 0 Å². The first-order chi connectivity index (χ1) is 7.06. The largest absolute Gasteiger partial charge is 0.267 e. The Balaban J connectivity index is 2.54. The summed E-state index contributed by atoms with van der Waals surface area (Å²) in [6.45, 7) is 1.92. The fourth-order valence-corrected chi connectivity index (χ4v) is 2.97. The van der Waals surface area contributed by atoms with Crippen LogP contribution in [0, 0.1) is 5.82 Å². The van der Waals surface area contributed by atoms with Crippen LogP contribution in [0.4, 0.5) is 10.1 Å². The maximum atomic E-state index is 13.5. The van der Waals surface area contributed by atoms with Gasteiger partial charge in [0.1, 0.15) is 5.82 Å². The number of sulfonamides is 1. The fourth-order valence-electron chi connectivity index (χ4n) is 1.81. The average Bonchev–Trinajstić information content (AvgIpc) is 2.63. The Kier molecular flexibility index (Phi) is 2.42. The summed E-state index contributed by atoms with van der Waals surface area (Å²) in [5.74, 6) is -0.456. The van der Waals surface area contributed by atoms with Crippen molar-refractivity contribution in [3.05, 3.63) is 29.6 Å². The highest BCUT2D eigenvalue weighted by atomic mass is 32.2. The van der Waals surface area contributed by atoms with E-state index in [1.54, 1.807) is 19.1 Å². The minimum atomic E-state index is -3.34. The molecule has 1 heterocycles. The zero-order valence-corrected chi connectivity index (χ0v) is 9.22. The Morgan fingerprint density at radius 1 is 1.47 bits per heavy atom. The second-order valence-corrected chi connectivity index (χ2v) is 5.65. The minimum absolute atomic E-state index is 0.000768. The van der Waals surface area contributed by atoms with Crippen molar-refractivity contribution in [1.29, 1.82) is 0 Å². The molecule has 0 aliphatic carbocycles. The molecule has 0 radical (unpaired) electrons. The molecule has 1 aliphatic heterocycles. The number of rotatable bonds is 2. The molecule has 0 saturated heterocycles. The number of benzene rings is 1. The van der Waals surface area contributed by atoms with Crippen molar-refractivity contribution < 1.29 is 12.8 Å². The lowest BCUT2D eigenvalue weighted by atomic mass is 10.2. The lowest BCUT2D eigenvalue weighted by Gasteiger charge is -2.18. The molecule has 5 heteroatoms. The first-order valence-corrected chi connectivity index (χ1v) is 6.45. The fraction of sp³-hybridized carbons (Fsp3) is 0.400. The third-order valence-electron chi connectivity index (χ3n) is 2.60. The maximum absolute atomic E-state index is 13.5. The van der Waals surface area contributed by atoms with Crippen LogP contribution in [0.25, 0.3) is 0 Å². The van der Waals surface area contributed by atoms with E-state index in [9.17, 15) is 12.8 Å². The smallest absolute Gasteiger partial charge is 0.234 e. The van der Waals surface area contributed by atoms with E-state index < -0.39 is 15.8 Å². The molecule has 0 unspecified atom stereocenters. The molecule has 0 aromatic heterocycles. The molecule has 0 N–H and O–H groups in total. The van der Waals surface area contributed by atoms with Crippen molar-refractivity contribution in [3.63, 3.8) is 0 Å². The van der Waals surface area contributed by atoms with E-state index >= 15 is 0 Å². The van der Waals surface area contributed by atoms with Crippen molar-refractivity contribution in [2.24, 2.45) is 0 Å². The van der Waals surface area contributed by atoms with Crippen LogP contribution in [0.1, 0.15) is 12.5 Å².